The van der Waals surface area contributed by atoms with E-state index in [2.05, 4.69) is 19.1 Å². The van der Waals surface area contributed by atoms with E-state index in [0.717, 1.165) is 37.8 Å². The van der Waals surface area contributed by atoms with Gasteiger partial charge in [-0.3, -0.25) is 4.79 Å². The smallest absolute Gasteiger partial charge is 0.222 e. The molecule has 1 aromatic rings. The van der Waals surface area contributed by atoms with E-state index in [1.54, 1.807) is 4.90 Å². The number of piperidine rings is 1. The first-order valence-electron chi connectivity index (χ1n) is 7.25. The molecule has 1 fully saturated rings. The van der Waals surface area contributed by atoms with Crippen molar-refractivity contribution in [3.8, 4) is 0 Å². The predicted octanol–water partition coefficient (Wildman–Crippen LogP) is 2.69. The Labute approximate surface area is 115 Å². The second-order valence-corrected chi connectivity index (χ2v) is 5.30. The van der Waals surface area contributed by atoms with Crippen molar-refractivity contribution in [3.63, 3.8) is 0 Å². The molecule has 1 amide bonds. The maximum atomic E-state index is 11.7. The van der Waals surface area contributed by atoms with Crippen molar-refractivity contribution in [1.82, 2.24) is 4.90 Å². The fraction of sp³-hybridized carbons (Fsp3) is 0.562. The molecule has 104 valence electrons. The molecule has 0 bridgehead atoms. The van der Waals surface area contributed by atoms with Crippen LogP contribution in [0.15, 0.2) is 24.3 Å². The van der Waals surface area contributed by atoms with Crippen molar-refractivity contribution in [2.24, 2.45) is 0 Å². The largest absolute Gasteiger partial charge is 0.387 e. The van der Waals surface area contributed by atoms with Gasteiger partial charge in [-0.15, -0.1) is 0 Å². The first-order chi connectivity index (χ1) is 9.20. The zero-order valence-electron chi connectivity index (χ0n) is 11.6. The SMILES string of the molecule is CCCc1ccc(C(O)CN2CCCCC2=O)cc1. The Bertz CT molecular complexity index is 413. The second-order valence-electron chi connectivity index (χ2n) is 5.30. The van der Waals surface area contributed by atoms with Crippen molar-refractivity contribution in [3.05, 3.63) is 35.4 Å². The van der Waals surface area contributed by atoms with Crippen molar-refractivity contribution < 1.29 is 9.90 Å². The second kappa shape index (κ2) is 6.71. The standard InChI is InChI=1S/C16H23NO2/c1-2-5-13-7-9-14(10-8-13)15(18)12-17-11-4-3-6-16(17)19/h7-10,15,18H,2-6,11-12H2,1H3. The van der Waals surface area contributed by atoms with Gasteiger partial charge in [-0.25, -0.2) is 0 Å². The van der Waals surface area contributed by atoms with Crippen molar-refractivity contribution in [2.45, 2.75) is 45.1 Å². The highest BCUT2D eigenvalue weighted by Crippen LogP contribution is 2.19. The highest BCUT2D eigenvalue weighted by atomic mass is 16.3. The third-order valence-corrected chi connectivity index (χ3v) is 3.72. The molecule has 1 saturated heterocycles. The molecule has 0 spiro atoms. The van der Waals surface area contributed by atoms with E-state index >= 15 is 0 Å². The van der Waals surface area contributed by atoms with Crippen LogP contribution in [0, 0.1) is 0 Å². The summed E-state index contributed by atoms with van der Waals surface area (Å²) in [6.07, 6.45) is 4.29. The van der Waals surface area contributed by atoms with Gasteiger partial charge >= 0.3 is 0 Å². The minimum atomic E-state index is -0.572. The molecule has 1 unspecified atom stereocenters. The molecule has 1 aliphatic heterocycles. The van der Waals surface area contributed by atoms with Crippen LogP contribution < -0.4 is 0 Å². The third kappa shape index (κ3) is 3.80. The van der Waals surface area contributed by atoms with E-state index in [9.17, 15) is 9.90 Å². The first-order valence-corrected chi connectivity index (χ1v) is 7.25. The fourth-order valence-corrected chi connectivity index (χ4v) is 2.56. The van der Waals surface area contributed by atoms with Gasteiger partial charge in [0.1, 0.15) is 0 Å². The molecule has 2 rings (SSSR count). The van der Waals surface area contributed by atoms with Crippen molar-refractivity contribution in [2.75, 3.05) is 13.1 Å². The number of aliphatic hydroxyl groups is 1. The maximum absolute atomic E-state index is 11.7. The maximum Gasteiger partial charge on any atom is 0.222 e. The zero-order valence-corrected chi connectivity index (χ0v) is 11.6. The Morgan fingerprint density at radius 1 is 1.26 bits per heavy atom. The number of nitrogens with zero attached hydrogens (tertiary/aromatic N) is 1. The number of aliphatic hydroxyl groups excluding tert-OH is 1. The van der Waals surface area contributed by atoms with Gasteiger partial charge in [0.25, 0.3) is 0 Å². The van der Waals surface area contributed by atoms with Gasteiger partial charge in [-0.1, -0.05) is 37.6 Å². The molecule has 0 aromatic heterocycles. The summed E-state index contributed by atoms with van der Waals surface area (Å²) < 4.78 is 0. The first kappa shape index (κ1) is 14.1. The van der Waals surface area contributed by atoms with E-state index in [1.165, 1.54) is 5.56 Å². The van der Waals surface area contributed by atoms with E-state index < -0.39 is 6.10 Å². The lowest BCUT2D eigenvalue weighted by molar-refractivity contribution is -0.134. The van der Waals surface area contributed by atoms with Gasteiger partial charge < -0.3 is 10.0 Å². The van der Waals surface area contributed by atoms with Crippen LogP contribution in [0.1, 0.15) is 49.8 Å². The molecule has 0 aliphatic carbocycles. The number of likely N-dealkylation sites (tertiary alicyclic amines) is 1. The fourth-order valence-electron chi connectivity index (χ4n) is 2.56. The number of benzene rings is 1. The van der Waals surface area contributed by atoms with Gasteiger partial charge in [-0.2, -0.15) is 0 Å². The van der Waals surface area contributed by atoms with Crippen LogP contribution >= 0.6 is 0 Å². The number of aryl methyl sites for hydroxylation is 1. The van der Waals surface area contributed by atoms with Gasteiger partial charge in [0.15, 0.2) is 0 Å². The molecular weight excluding hydrogens is 238 g/mol. The molecule has 0 radical (unpaired) electrons. The zero-order chi connectivity index (χ0) is 13.7. The summed E-state index contributed by atoms with van der Waals surface area (Å²) in [6, 6.07) is 8.09. The summed E-state index contributed by atoms with van der Waals surface area (Å²) >= 11 is 0. The molecule has 1 aliphatic rings. The lowest BCUT2D eigenvalue weighted by Crippen LogP contribution is -2.38. The minimum Gasteiger partial charge on any atom is -0.387 e. The molecule has 19 heavy (non-hydrogen) atoms. The lowest BCUT2D eigenvalue weighted by atomic mass is 10.0. The van der Waals surface area contributed by atoms with Crippen LogP contribution in [-0.4, -0.2) is 29.0 Å². The average Bonchev–Trinajstić information content (AvgIpc) is 2.42. The summed E-state index contributed by atoms with van der Waals surface area (Å²) in [7, 11) is 0. The van der Waals surface area contributed by atoms with Crippen LogP contribution in [0.3, 0.4) is 0 Å². The summed E-state index contributed by atoms with van der Waals surface area (Å²) in [5.41, 5.74) is 2.20. The Morgan fingerprint density at radius 3 is 2.63 bits per heavy atom. The minimum absolute atomic E-state index is 0.174. The van der Waals surface area contributed by atoms with Crippen LogP contribution in [0.25, 0.3) is 0 Å². The van der Waals surface area contributed by atoms with E-state index in [1.807, 2.05) is 12.1 Å². The van der Waals surface area contributed by atoms with Crippen LogP contribution in [0.2, 0.25) is 0 Å². The summed E-state index contributed by atoms with van der Waals surface area (Å²) in [5, 5.41) is 10.2. The summed E-state index contributed by atoms with van der Waals surface area (Å²) in [6.45, 7) is 3.36. The van der Waals surface area contributed by atoms with Crippen molar-refractivity contribution >= 4 is 5.91 Å². The third-order valence-electron chi connectivity index (χ3n) is 3.72. The molecule has 1 N–H and O–H groups in total. The Balaban J connectivity index is 1.94. The van der Waals surface area contributed by atoms with Gasteiger partial charge in [0, 0.05) is 13.0 Å². The Morgan fingerprint density at radius 2 is 2.00 bits per heavy atom. The van der Waals surface area contributed by atoms with Gasteiger partial charge in [-0.05, 0) is 30.4 Å². The monoisotopic (exact) mass is 261 g/mol. The molecule has 3 nitrogen and oxygen atoms in total. The highest BCUT2D eigenvalue weighted by molar-refractivity contribution is 5.76. The van der Waals surface area contributed by atoms with Crippen LogP contribution in [0.4, 0.5) is 0 Å². The van der Waals surface area contributed by atoms with Crippen LogP contribution in [0.5, 0.6) is 0 Å². The van der Waals surface area contributed by atoms with Crippen LogP contribution in [-0.2, 0) is 11.2 Å². The molecule has 1 aromatic carbocycles. The van der Waals surface area contributed by atoms with E-state index in [4.69, 9.17) is 0 Å². The number of hydrogen-bond donors (Lipinski definition) is 1. The van der Waals surface area contributed by atoms with E-state index in [0.29, 0.717) is 13.0 Å². The molecular formula is C16H23NO2. The van der Waals surface area contributed by atoms with E-state index in [-0.39, 0.29) is 5.91 Å². The Hall–Kier alpha value is -1.35. The van der Waals surface area contributed by atoms with Gasteiger partial charge in [0.2, 0.25) is 5.91 Å². The summed E-state index contributed by atoms with van der Waals surface area (Å²) in [5.74, 6) is 0.174. The molecule has 1 heterocycles. The highest BCUT2D eigenvalue weighted by Gasteiger charge is 2.21. The Kier molecular flexibility index (Phi) is 4.97. The van der Waals surface area contributed by atoms with Gasteiger partial charge in [0.05, 0.1) is 12.6 Å². The number of carbonyl (C=O) groups is 1. The lowest BCUT2D eigenvalue weighted by Gasteiger charge is -2.28. The quantitative estimate of drug-likeness (QED) is 0.885. The van der Waals surface area contributed by atoms with Crippen molar-refractivity contribution in [1.29, 1.82) is 0 Å². The molecule has 3 heteroatoms. The number of amides is 1. The molecule has 1 atom stereocenters. The average molecular weight is 261 g/mol. The number of rotatable bonds is 5. The number of carbonyl (C=O) groups excluding carboxylic acids is 1. The summed E-state index contributed by atoms with van der Waals surface area (Å²) in [4.78, 5) is 13.5. The normalized spacial score (nSPS) is 17.6. The number of β-amino-alcohol motifs (C(OH)–C–C–N with tert-alkyl or cyclic N) is 1. The molecule has 0 saturated carbocycles. The topological polar surface area (TPSA) is 40.5 Å². The predicted molar refractivity (Wildman–Crippen MR) is 75.8 cm³/mol. The number of hydrogen-bond acceptors (Lipinski definition) is 2.